The molecule has 0 aromatic carbocycles. The Labute approximate surface area is 396 Å². The summed E-state index contributed by atoms with van der Waals surface area (Å²) in [6.07, 6.45) is 29.6. The quantitative estimate of drug-likeness (QED) is 0.193. The number of allylic oxidation sites excluding steroid dienone is 10. The fourth-order valence-corrected chi connectivity index (χ4v) is 10.1. The average Bonchev–Trinajstić information content (AvgIpc) is 3.16. The van der Waals surface area contributed by atoms with Crippen molar-refractivity contribution < 1.29 is 57.0 Å². The van der Waals surface area contributed by atoms with Gasteiger partial charge in [0.15, 0.2) is 23.1 Å². The fraction of sp³-hybridized carbons (Fsp3) is 0.704. The van der Waals surface area contributed by atoms with E-state index in [1.165, 1.54) is 13.0 Å². The first-order valence-electron chi connectivity index (χ1n) is 24.4. The second kappa shape index (κ2) is 23.9. The third-order valence-corrected chi connectivity index (χ3v) is 12.5. The normalized spacial score (nSPS) is 40.3. The minimum absolute atomic E-state index is 0.0474. The van der Waals surface area contributed by atoms with Gasteiger partial charge in [0.1, 0.15) is 12.2 Å². The van der Waals surface area contributed by atoms with Gasteiger partial charge in [-0.3, -0.25) is 4.79 Å². The van der Waals surface area contributed by atoms with Crippen LogP contribution in [0.1, 0.15) is 141 Å². The van der Waals surface area contributed by atoms with Crippen molar-refractivity contribution in [2.45, 2.75) is 226 Å². The Morgan fingerprint density at radius 2 is 1.00 bits per heavy atom. The molecule has 12 heteroatoms. The Morgan fingerprint density at radius 3 is 1.53 bits per heavy atom. The summed E-state index contributed by atoms with van der Waals surface area (Å²) in [6, 6.07) is 0. The lowest BCUT2D eigenvalue weighted by atomic mass is 9.87. The number of ether oxygens (including phenoxy) is 10. The van der Waals surface area contributed by atoms with E-state index < -0.39 is 29.3 Å². The zero-order valence-electron chi connectivity index (χ0n) is 42.1. The summed E-state index contributed by atoms with van der Waals surface area (Å²) >= 11 is 0. The van der Waals surface area contributed by atoms with E-state index in [9.17, 15) is 9.59 Å². The monoisotopic (exact) mass is 923 g/mol. The second-order valence-electron chi connectivity index (χ2n) is 21.0. The first-order valence-corrected chi connectivity index (χ1v) is 24.4. The zero-order valence-corrected chi connectivity index (χ0v) is 42.1. The highest BCUT2D eigenvalue weighted by Gasteiger charge is 2.46. The molecule has 12 atom stereocenters. The van der Waals surface area contributed by atoms with Gasteiger partial charge in [0.25, 0.3) is 0 Å². The van der Waals surface area contributed by atoms with Gasteiger partial charge in [-0.1, -0.05) is 107 Å². The van der Waals surface area contributed by atoms with Crippen LogP contribution in [0.2, 0.25) is 0 Å². The van der Waals surface area contributed by atoms with Gasteiger partial charge in [0.05, 0.1) is 48.8 Å². The standard InChI is InChI=1S/C54H82O12/c1-36(2)50-37(3)27-28-40-29-42(60-51(6,7)59-40)32-45-33-43(61-52(8,9)63-45)30-41(57-39(5)55)31-44-34-46(64-53(10,11)62-44)35-48-38(4)47(65-54(12,13)66-48)25-23-21-19-17-15-14-16-18-20-22-24-26-49(56)58-50/h14-24,26-28,36-38,40-48,50H,25,29-35H2,1-13H3/b15-14+,18-16+,19-17+,22-20+,23-21+,26-24+,28-27+/t37-,38-,40-,41-,42-,43-,44+,45-,46+,47-,48+,50-/m0/s1. The number of hydrogen-bond acceptors (Lipinski definition) is 12. The molecule has 5 aliphatic rings. The largest absolute Gasteiger partial charge is 0.462 e. The average molecular weight is 923 g/mol. The Balaban J connectivity index is 1.37. The van der Waals surface area contributed by atoms with E-state index in [1.54, 1.807) is 12.2 Å². The van der Waals surface area contributed by atoms with Crippen molar-refractivity contribution in [1.82, 2.24) is 0 Å². The van der Waals surface area contributed by atoms with Gasteiger partial charge in [-0.2, -0.15) is 0 Å². The highest BCUT2D eigenvalue weighted by molar-refractivity contribution is 5.82. The first-order chi connectivity index (χ1) is 31.0. The van der Waals surface area contributed by atoms with E-state index in [4.69, 9.17) is 47.4 Å². The molecule has 0 aliphatic carbocycles. The molecule has 0 N–H and O–H groups in total. The summed E-state index contributed by atoms with van der Waals surface area (Å²) in [7, 11) is 0. The van der Waals surface area contributed by atoms with Gasteiger partial charge < -0.3 is 47.4 Å². The summed E-state index contributed by atoms with van der Waals surface area (Å²) in [5.74, 6) is -3.92. The molecular formula is C54H82O12. The van der Waals surface area contributed by atoms with Crippen LogP contribution in [0, 0.1) is 17.8 Å². The van der Waals surface area contributed by atoms with Crippen molar-refractivity contribution in [3.8, 4) is 0 Å². The van der Waals surface area contributed by atoms with Crippen LogP contribution in [0.5, 0.6) is 0 Å². The molecule has 0 unspecified atom stereocenters. The second-order valence-corrected chi connectivity index (χ2v) is 21.0. The van der Waals surface area contributed by atoms with E-state index in [1.807, 2.05) is 104 Å². The van der Waals surface area contributed by atoms with Crippen molar-refractivity contribution >= 4 is 11.9 Å². The van der Waals surface area contributed by atoms with Gasteiger partial charge in [-0.05, 0) is 67.7 Å². The lowest BCUT2D eigenvalue weighted by Crippen LogP contribution is -2.53. The maximum atomic E-state index is 12.9. The van der Waals surface area contributed by atoms with Crippen molar-refractivity contribution in [2.24, 2.45) is 17.8 Å². The molecule has 12 nitrogen and oxygen atoms in total. The Hall–Kier alpha value is -3.20. The van der Waals surface area contributed by atoms with E-state index in [-0.39, 0.29) is 84.6 Å². The predicted octanol–water partition coefficient (Wildman–Crippen LogP) is 10.9. The predicted molar refractivity (Wildman–Crippen MR) is 255 cm³/mol. The number of rotatable bonds is 2. The van der Waals surface area contributed by atoms with E-state index >= 15 is 0 Å². The van der Waals surface area contributed by atoms with Gasteiger partial charge in [-0.25, -0.2) is 4.79 Å². The SMILES string of the molecule is CC(=O)O[C@@H]1C[C@@H]2C[C@H](C[C@H]3OC(C)(C)O[C@@H](C/C=C/C=C/C=C/C=C/C=C/C=C/C(=O)O[C@@H](C(C)C)[C@@H](C)/C=C/[C@H]4C[C@@H](C[C@H]5C[C@H](C1)OC(C)(C)O5)OC(C)(C)O4)[C@@H]3C)OC(C)(C)O2. The van der Waals surface area contributed by atoms with E-state index in [0.29, 0.717) is 44.9 Å². The molecule has 5 heterocycles. The third-order valence-electron chi connectivity index (χ3n) is 12.5. The summed E-state index contributed by atoms with van der Waals surface area (Å²) in [6.45, 7) is 25.4. The maximum absolute atomic E-state index is 12.9. The van der Waals surface area contributed by atoms with Crippen LogP contribution in [-0.2, 0) is 57.0 Å². The number of hydrogen-bond donors (Lipinski definition) is 0. The number of cyclic esters (lactones) is 1. The van der Waals surface area contributed by atoms with Crippen molar-refractivity contribution in [2.75, 3.05) is 0 Å². The Morgan fingerprint density at radius 1 is 0.561 bits per heavy atom. The molecule has 8 bridgehead atoms. The number of fused-ring (bicyclic) bond motifs is 8. The number of carbonyl (C=O) groups excluding carboxylic acids is 2. The molecule has 0 spiro atoms. The van der Waals surface area contributed by atoms with Crippen molar-refractivity contribution in [3.05, 3.63) is 85.1 Å². The third kappa shape index (κ3) is 18.0. The lowest BCUT2D eigenvalue weighted by Gasteiger charge is -2.48. The van der Waals surface area contributed by atoms with Crippen molar-refractivity contribution in [3.63, 3.8) is 0 Å². The zero-order chi connectivity index (χ0) is 48.3. The lowest BCUT2D eigenvalue weighted by molar-refractivity contribution is -0.337. The molecule has 0 radical (unpaired) electrons. The smallest absolute Gasteiger partial charge is 0.331 e. The molecule has 0 saturated carbocycles. The van der Waals surface area contributed by atoms with Crippen LogP contribution in [0.15, 0.2) is 85.1 Å². The van der Waals surface area contributed by atoms with Crippen LogP contribution >= 0.6 is 0 Å². The molecule has 5 rings (SSSR count). The molecule has 66 heavy (non-hydrogen) atoms. The molecule has 5 aliphatic heterocycles. The fourth-order valence-electron chi connectivity index (χ4n) is 10.1. The molecule has 0 aromatic rings. The molecule has 0 aromatic heterocycles. The maximum Gasteiger partial charge on any atom is 0.331 e. The highest BCUT2D eigenvalue weighted by Crippen LogP contribution is 2.40. The molecule has 0 amide bonds. The van der Waals surface area contributed by atoms with E-state index in [0.717, 1.165) is 6.42 Å². The minimum atomic E-state index is -0.873. The van der Waals surface area contributed by atoms with Crippen molar-refractivity contribution in [1.29, 1.82) is 0 Å². The van der Waals surface area contributed by atoms with Gasteiger partial charge in [0.2, 0.25) is 0 Å². The molecule has 4 saturated heterocycles. The topological polar surface area (TPSA) is 126 Å². The van der Waals surface area contributed by atoms with E-state index in [2.05, 4.69) is 45.9 Å². The van der Waals surface area contributed by atoms with Crippen LogP contribution in [-0.4, -0.2) is 96.1 Å². The summed E-state index contributed by atoms with van der Waals surface area (Å²) in [5, 5.41) is 0. The van der Waals surface area contributed by atoms with Crippen LogP contribution in [0.4, 0.5) is 0 Å². The van der Waals surface area contributed by atoms with Crippen LogP contribution < -0.4 is 0 Å². The summed E-state index contributed by atoms with van der Waals surface area (Å²) in [5.41, 5.74) is 0. The van der Waals surface area contributed by atoms with Gasteiger partial charge >= 0.3 is 11.9 Å². The van der Waals surface area contributed by atoms with Crippen LogP contribution in [0.3, 0.4) is 0 Å². The number of carbonyl (C=O) groups is 2. The van der Waals surface area contributed by atoms with Crippen LogP contribution in [0.25, 0.3) is 0 Å². The highest BCUT2D eigenvalue weighted by atomic mass is 16.7. The molecular weight excluding hydrogens is 841 g/mol. The summed E-state index contributed by atoms with van der Waals surface area (Å²) in [4.78, 5) is 25.5. The Bertz CT molecular complexity index is 1780. The Kier molecular flexibility index (Phi) is 19.5. The molecule has 4 fully saturated rings. The van der Waals surface area contributed by atoms with Gasteiger partial charge in [0, 0.05) is 69.8 Å². The molecule has 370 valence electrons. The number of esters is 2. The minimum Gasteiger partial charge on any atom is -0.462 e. The summed E-state index contributed by atoms with van der Waals surface area (Å²) < 4.78 is 64.1. The van der Waals surface area contributed by atoms with Gasteiger partial charge in [-0.15, -0.1) is 0 Å². The first kappa shape index (κ1) is 53.8.